The lowest BCUT2D eigenvalue weighted by atomic mass is 10.0. The third-order valence-corrected chi connectivity index (χ3v) is 4.44. The minimum atomic E-state index is -0.972. The molecular formula is C25H25NO5. The number of carbonyl (C=O) groups is 2. The second-order valence-corrected chi connectivity index (χ2v) is 6.73. The Morgan fingerprint density at radius 3 is 2.13 bits per heavy atom. The number of nitrogens with one attached hydrogen (secondary N) is 1. The number of hydrogen-bond donors (Lipinski definition) is 1. The molecule has 0 fully saturated rings. The first-order valence-electron chi connectivity index (χ1n) is 10.1. The van der Waals surface area contributed by atoms with Gasteiger partial charge in [-0.05, 0) is 49.7 Å². The fourth-order valence-electron chi connectivity index (χ4n) is 2.92. The number of para-hydroxylation sites is 1. The van der Waals surface area contributed by atoms with E-state index in [0.29, 0.717) is 18.0 Å². The minimum Gasteiger partial charge on any atom is -0.494 e. The highest BCUT2D eigenvalue weighted by Gasteiger charge is 2.19. The van der Waals surface area contributed by atoms with Crippen molar-refractivity contribution >= 4 is 17.6 Å². The minimum absolute atomic E-state index is 0.299. The number of benzene rings is 3. The summed E-state index contributed by atoms with van der Waals surface area (Å²) in [6.45, 7) is 3.70. The maximum atomic E-state index is 12.6. The topological polar surface area (TPSA) is 73.9 Å². The Balaban J connectivity index is 1.53. The number of esters is 1. The molecule has 160 valence electrons. The van der Waals surface area contributed by atoms with E-state index in [1.807, 2.05) is 61.5 Å². The lowest BCUT2D eigenvalue weighted by Crippen LogP contribution is -2.31. The summed E-state index contributed by atoms with van der Waals surface area (Å²) in [5.41, 5.74) is 2.51. The predicted octanol–water partition coefficient (Wildman–Crippen LogP) is 4.70. The van der Waals surface area contributed by atoms with Gasteiger partial charge in [-0.25, -0.2) is 4.79 Å². The number of hydrogen-bond acceptors (Lipinski definition) is 5. The number of amides is 1. The first-order valence-corrected chi connectivity index (χ1v) is 10.1. The van der Waals surface area contributed by atoms with E-state index in [1.165, 1.54) is 6.92 Å². The highest BCUT2D eigenvalue weighted by atomic mass is 16.6. The maximum Gasteiger partial charge on any atom is 0.344 e. The molecule has 3 aromatic rings. The highest BCUT2D eigenvalue weighted by Crippen LogP contribution is 2.27. The number of anilines is 1. The third-order valence-electron chi connectivity index (χ3n) is 4.44. The van der Waals surface area contributed by atoms with Gasteiger partial charge in [0.25, 0.3) is 5.91 Å². The summed E-state index contributed by atoms with van der Waals surface area (Å²) in [5.74, 6) is 0.179. The molecule has 1 unspecified atom stereocenters. The van der Waals surface area contributed by atoms with E-state index >= 15 is 0 Å². The molecule has 6 heteroatoms. The SMILES string of the molecule is CCOc1ccc(OCC(=O)OC(C)C(=O)Nc2ccccc2-c2ccccc2)cc1. The van der Waals surface area contributed by atoms with Crippen LogP contribution >= 0.6 is 0 Å². The summed E-state index contributed by atoms with van der Waals surface area (Å²) in [4.78, 5) is 24.7. The molecule has 0 heterocycles. The van der Waals surface area contributed by atoms with Crippen LogP contribution in [-0.4, -0.2) is 31.2 Å². The first kappa shape index (κ1) is 21.9. The smallest absolute Gasteiger partial charge is 0.344 e. The van der Waals surface area contributed by atoms with Crippen LogP contribution in [0.25, 0.3) is 11.1 Å². The van der Waals surface area contributed by atoms with Gasteiger partial charge in [-0.1, -0.05) is 48.5 Å². The van der Waals surface area contributed by atoms with Gasteiger partial charge >= 0.3 is 5.97 Å². The molecule has 3 aromatic carbocycles. The van der Waals surface area contributed by atoms with Crippen LogP contribution in [0, 0.1) is 0 Å². The van der Waals surface area contributed by atoms with Crippen molar-refractivity contribution in [1.82, 2.24) is 0 Å². The zero-order valence-electron chi connectivity index (χ0n) is 17.5. The van der Waals surface area contributed by atoms with Crippen molar-refractivity contribution in [3.63, 3.8) is 0 Å². The Hall–Kier alpha value is -3.80. The van der Waals surface area contributed by atoms with E-state index in [0.717, 1.165) is 16.9 Å². The predicted molar refractivity (Wildman–Crippen MR) is 119 cm³/mol. The highest BCUT2D eigenvalue weighted by molar-refractivity contribution is 5.98. The molecule has 1 atom stereocenters. The van der Waals surface area contributed by atoms with Crippen molar-refractivity contribution in [2.75, 3.05) is 18.5 Å². The van der Waals surface area contributed by atoms with Crippen molar-refractivity contribution in [1.29, 1.82) is 0 Å². The molecule has 3 rings (SSSR count). The summed E-state index contributed by atoms with van der Waals surface area (Å²) in [7, 11) is 0. The van der Waals surface area contributed by atoms with Gasteiger partial charge in [0.2, 0.25) is 0 Å². The fraction of sp³-hybridized carbons (Fsp3) is 0.200. The zero-order valence-corrected chi connectivity index (χ0v) is 17.5. The zero-order chi connectivity index (χ0) is 22.1. The van der Waals surface area contributed by atoms with E-state index < -0.39 is 18.0 Å². The number of ether oxygens (including phenoxy) is 3. The normalized spacial score (nSPS) is 11.3. The first-order chi connectivity index (χ1) is 15.1. The monoisotopic (exact) mass is 419 g/mol. The van der Waals surface area contributed by atoms with Gasteiger partial charge in [-0.2, -0.15) is 0 Å². The van der Waals surface area contributed by atoms with Crippen LogP contribution < -0.4 is 14.8 Å². The van der Waals surface area contributed by atoms with Crippen LogP contribution in [0.15, 0.2) is 78.9 Å². The molecule has 1 amide bonds. The van der Waals surface area contributed by atoms with Crippen molar-refractivity contribution in [2.45, 2.75) is 20.0 Å². The van der Waals surface area contributed by atoms with E-state index in [1.54, 1.807) is 24.3 Å². The quantitative estimate of drug-likeness (QED) is 0.509. The van der Waals surface area contributed by atoms with Crippen LogP contribution in [0.1, 0.15) is 13.8 Å². The summed E-state index contributed by atoms with van der Waals surface area (Å²) in [6.07, 6.45) is -0.972. The molecule has 0 saturated carbocycles. The molecule has 0 radical (unpaired) electrons. The Morgan fingerprint density at radius 2 is 1.45 bits per heavy atom. The molecule has 0 aromatic heterocycles. The second-order valence-electron chi connectivity index (χ2n) is 6.73. The van der Waals surface area contributed by atoms with Crippen LogP contribution in [0.2, 0.25) is 0 Å². The Bertz CT molecular complexity index is 1000. The average Bonchev–Trinajstić information content (AvgIpc) is 2.79. The Kier molecular flexibility index (Phi) is 7.65. The molecule has 0 aliphatic rings. The van der Waals surface area contributed by atoms with Gasteiger partial charge in [0.1, 0.15) is 11.5 Å². The van der Waals surface area contributed by atoms with Crippen molar-refractivity contribution in [3.8, 4) is 22.6 Å². The Labute approximate surface area is 181 Å². The van der Waals surface area contributed by atoms with Gasteiger partial charge in [0.15, 0.2) is 12.7 Å². The van der Waals surface area contributed by atoms with E-state index in [4.69, 9.17) is 14.2 Å². The summed E-state index contributed by atoms with van der Waals surface area (Å²) < 4.78 is 16.0. The molecule has 0 aliphatic carbocycles. The van der Waals surface area contributed by atoms with Gasteiger partial charge in [0, 0.05) is 11.3 Å². The van der Waals surface area contributed by atoms with E-state index in [2.05, 4.69) is 5.32 Å². The van der Waals surface area contributed by atoms with Crippen LogP contribution in [0.4, 0.5) is 5.69 Å². The maximum absolute atomic E-state index is 12.6. The van der Waals surface area contributed by atoms with E-state index in [9.17, 15) is 9.59 Å². The van der Waals surface area contributed by atoms with E-state index in [-0.39, 0.29) is 6.61 Å². The standard InChI is InChI=1S/C25H25NO5/c1-3-29-20-13-15-21(16-14-20)30-17-24(27)31-18(2)25(28)26-23-12-8-7-11-22(23)19-9-5-4-6-10-19/h4-16,18H,3,17H2,1-2H3,(H,26,28). The van der Waals surface area contributed by atoms with Gasteiger partial charge in [-0.15, -0.1) is 0 Å². The van der Waals surface area contributed by atoms with Gasteiger partial charge in [0.05, 0.1) is 6.61 Å². The molecule has 0 aliphatic heterocycles. The Morgan fingerprint density at radius 1 is 0.839 bits per heavy atom. The number of carbonyl (C=O) groups excluding carboxylic acids is 2. The largest absolute Gasteiger partial charge is 0.494 e. The summed E-state index contributed by atoms with van der Waals surface area (Å²) >= 11 is 0. The van der Waals surface area contributed by atoms with Crippen molar-refractivity contribution < 1.29 is 23.8 Å². The van der Waals surface area contributed by atoms with Gasteiger partial charge in [-0.3, -0.25) is 4.79 Å². The number of rotatable bonds is 9. The molecule has 0 bridgehead atoms. The molecule has 1 N–H and O–H groups in total. The summed E-state index contributed by atoms with van der Waals surface area (Å²) in [6, 6.07) is 24.1. The van der Waals surface area contributed by atoms with Gasteiger partial charge < -0.3 is 19.5 Å². The molecular weight excluding hydrogens is 394 g/mol. The van der Waals surface area contributed by atoms with Crippen LogP contribution in [0.3, 0.4) is 0 Å². The molecule has 31 heavy (non-hydrogen) atoms. The average molecular weight is 419 g/mol. The van der Waals surface area contributed by atoms with Crippen molar-refractivity contribution in [3.05, 3.63) is 78.9 Å². The third kappa shape index (κ3) is 6.34. The second kappa shape index (κ2) is 10.8. The van der Waals surface area contributed by atoms with Crippen molar-refractivity contribution in [2.24, 2.45) is 0 Å². The lowest BCUT2D eigenvalue weighted by Gasteiger charge is -2.16. The van der Waals surface area contributed by atoms with Crippen LogP contribution in [-0.2, 0) is 14.3 Å². The lowest BCUT2D eigenvalue weighted by molar-refractivity contribution is -0.155. The van der Waals surface area contributed by atoms with Crippen LogP contribution in [0.5, 0.6) is 11.5 Å². The molecule has 0 saturated heterocycles. The summed E-state index contributed by atoms with van der Waals surface area (Å²) in [5, 5.41) is 2.84. The fourth-order valence-corrected chi connectivity index (χ4v) is 2.92. The molecule has 0 spiro atoms. The molecule has 6 nitrogen and oxygen atoms in total.